The Bertz CT molecular complexity index is 254. The Hall–Kier alpha value is -1.04. The molecule has 2 N–H and O–H groups in total. The molecule has 1 aromatic heterocycles. The van der Waals surface area contributed by atoms with Gasteiger partial charge in [0, 0.05) is 0 Å². The second-order valence-corrected chi connectivity index (χ2v) is 2.47. The smallest absolute Gasteiger partial charge is 0.261 e. The minimum Gasteiger partial charge on any atom is -0.478 e. The number of nitrogen functional groups attached to an aromatic ring is 1. The van der Waals surface area contributed by atoms with Crippen molar-refractivity contribution in [2.24, 2.45) is 0 Å². The van der Waals surface area contributed by atoms with Crippen LogP contribution in [0.2, 0.25) is 0 Å². The van der Waals surface area contributed by atoms with Gasteiger partial charge in [-0.05, 0) is 6.26 Å². The second kappa shape index (κ2) is 3.38. The van der Waals surface area contributed by atoms with Crippen LogP contribution in [0.25, 0.3) is 0 Å². The molecular weight excluding hydrogens is 164 g/mol. The number of anilines is 1. The number of methoxy groups -OCH3 is 1. The standard InChI is InChI=1S/C5H8N4OS/c1-10-4-3(6)8-9-5(7-4)11-2/h1-2H3,(H2,6,8). The zero-order valence-electron chi connectivity index (χ0n) is 6.24. The third-order valence-electron chi connectivity index (χ3n) is 1.04. The summed E-state index contributed by atoms with van der Waals surface area (Å²) in [7, 11) is 1.49. The number of nitrogens with two attached hydrogens (primary N) is 1. The van der Waals surface area contributed by atoms with E-state index in [1.807, 2.05) is 6.26 Å². The van der Waals surface area contributed by atoms with Crippen LogP contribution in [0.1, 0.15) is 0 Å². The van der Waals surface area contributed by atoms with Crippen molar-refractivity contribution in [1.82, 2.24) is 15.2 Å². The van der Waals surface area contributed by atoms with Crippen molar-refractivity contribution in [3.63, 3.8) is 0 Å². The number of ether oxygens (including phenoxy) is 1. The molecule has 6 heteroatoms. The minimum atomic E-state index is 0.213. The summed E-state index contributed by atoms with van der Waals surface area (Å²) in [6, 6.07) is 0. The van der Waals surface area contributed by atoms with Crippen molar-refractivity contribution in [2.75, 3.05) is 19.1 Å². The number of aromatic nitrogens is 3. The first-order valence-electron chi connectivity index (χ1n) is 2.86. The van der Waals surface area contributed by atoms with E-state index < -0.39 is 0 Å². The van der Waals surface area contributed by atoms with Crippen molar-refractivity contribution < 1.29 is 4.74 Å². The van der Waals surface area contributed by atoms with Gasteiger partial charge in [0.15, 0.2) is 0 Å². The van der Waals surface area contributed by atoms with Crippen molar-refractivity contribution >= 4 is 17.6 Å². The Morgan fingerprint density at radius 1 is 1.45 bits per heavy atom. The van der Waals surface area contributed by atoms with E-state index in [1.54, 1.807) is 0 Å². The van der Waals surface area contributed by atoms with Gasteiger partial charge < -0.3 is 10.5 Å². The fourth-order valence-electron chi connectivity index (χ4n) is 0.543. The van der Waals surface area contributed by atoms with Gasteiger partial charge in [-0.2, -0.15) is 4.98 Å². The van der Waals surface area contributed by atoms with Gasteiger partial charge in [0.05, 0.1) is 7.11 Å². The molecule has 0 aliphatic rings. The lowest BCUT2D eigenvalue weighted by atomic mass is 10.7. The van der Waals surface area contributed by atoms with Crippen LogP contribution in [0.15, 0.2) is 5.16 Å². The van der Waals surface area contributed by atoms with Gasteiger partial charge in [0.1, 0.15) is 0 Å². The largest absolute Gasteiger partial charge is 0.478 e. The Balaban J connectivity index is 3.02. The third-order valence-corrected chi connectivity index (χ3v) is 1.57. The monoisotopic (exact) mass is 172 g/mol. The molecule has 11 heavy (non-hydrogen) atoms. The second-order valence-electron chi connectivity index (χ2n) is 1.69. The molecule has 0 aliphatic heterocycles. The van der Waals surface area contributed by atoms with Crippen LogP contribution in [0.3, 0.4) is 0 Å². The zero-order valence-corrected chi connectivity index (χ0v) is 7.05. The molecule has 0 saturated carbocycles. The van der Waals surface area contributed by atoms with Crippen LogP contribution in [-0.2, 0) is 0 Å². The summed E-state index contributed by atoms with van der Waals surface area (Å²) in [5.74, 6) is 0.537. The fourth-order valence-corrected chi connectivity index (χ4v) is 0.839. The molecule has 0 aromatic carbocycles. The van der Waals surface area contributed by atoms with E-state index in [0.717, 1.165) is 0 Å². The molecule has 0 spiro atoms. The van der Waals surface area contributed by atoms with Crippen molar-refractivity contribution in [2.45, 2.75) is 5.16 Å². The molecular formula is C5H8N4OS. The number of hydrogen-bond donors (Lipinski definition) is 1. The van der Waals surface area contributed by atoms with Crippen LogP contribution in [0.4, 0.5) is 5.82 Å². The summed E-state index contributed by atoms with van der Waals surface area (Å²) in [5.41, 5.74) is 5.38. The molecule has 0 saturated heterocycles. The summed E-state index contributed by atoms with van der Waals surface area (Å²) in [5, 5.41) is 7.89. The lowest BCUT2D eigenvalue weighted by molar-refractivity contribution is 0.391. The van der Waals surface area contributed by atoms with Crippen molar-refractivity contribution in [1.29, 1.82) is 0 Å². The van der Waals surface area contributed by atoms with Gasteiger partial charge in [-0.1, -0.05) is 11.8 Å². The molecule has 0 unspecified atom stereocenters. The summed E-state index contributed by atoms with van der Waals surface area (Å²) >= 11 is 1.39. The normalized spacial score (nSPS) is 9.64. The number of hydrogen-bond acceptors (Lipinski definition) is 6. The minimum absolute atomic E-state index is 0.213. The topological polar surface area (TPSA) is 73.9 Å². The number of nitrogens with zero attached hydrogens (tertiary/aromatic N) is 3. The summed E-state index contributed by atoms with van der Waals surface area (Å²) < 4.78 is 4.84. The van der Waals surface area contributed by atoms with Gasteiger partial charge in [0.25, 0.3) is 5.88 Å². The first kappa shape index (κ1) is 8.06. The molecule has 1 heterocycles. The molecule has 0 fully saturated rings. The van der Waals surface area contributed by atoms with Gasteiger partial charge in [-0.15, -0.1) is 10.2 Å². The molecule has 0 aliphatic carbocycles. The molecule has 1 rings (SSSR count). The molecule has 0 bridgehead atoms. The summed E-state index contributed by atoms with van der Waals surface area (Å²) in [6.07, 6.45) is 1.85. The molecule has 0 atom stereocenters. The maximum Gasteiger partial charge on any atom is 0.261 e. The molecule has 5 nitrogen and oxygen atoms in total. The first-order chi connectivity index (χ1) is 5.27. The van der Waals surface area contributed by atoms with E-state index in [0.29, 0.717) is 11.0 Å². The quantitative estimate of drug-likeness (QED) is 0.642. The van der Waals surface area contributed by atoms with Gasteiger partial charge in [-0.3, -0.25) is 0 Å². The van der Waals surface area contributed by atoms with E-state index in [2.05, 4.69) is 15.2 Å². The lowest BCUT2D eigenvalue weighted by Crippen LogP contribution is -2.01. The highest BCUT2D eigenvalue weighted by atomic mass is 32.2. The van der Waals surface area contributed by atoms with E-state index in [-0.39, 0.29) is 5.82 Å². The van der Waals surface area contributed by atoms with Gasteiger partial charge in [-0.25, -0.2) is 0 Å². The molecule has 60 valence electrons. The van der Waals surface area contributed by atoms with Crippen molar-refractivity contribution in [3.05, 3.63) is 0 Å². The fraction of sp³-hybridized carbons (Fsp3) is 0.400. The third kappa shape index (κ3) is 1.70. The Morgan fingerprint density at radius 3 is 2.73 bits per heavy atom. The average molecular weight is 172 g/mol. The van der Waals surface area contributed by atoms with Crippen molar-refractivity contribution in [3.8, 4) is 5.88 Å². The van der Waals surface area contributed by atoms with E-state index in [1.165, 1.54) is 18.9 Å². The average Bonchev–Trinajstić information content (AvgIpc) is 2.05. The van der Waals surface area contributed by atoms with Gasteiger partial charge in [0.2, 0.25) is 11.0 Å². The van der Waals surface area contributed by atoms with Crippen LogP contribution in [-0.4, -0.2) is 28.5 Å². The number of thioether (sulfide) groups is 1. The maximum atomic E-state index is 5.38. The lowest BCUT2D eigenvalue weighted by Gasteiger charge is -2.00. The predicted molar refractivity (Wildman–Crippen MR) is 42.6 cm³/mol. The predicted octanol–water partition coefficient (Wildman–Crippen LogP) is 0.184. The van der Waals surface area contributed by atoms with Gasteiger partial charge >= 0.3 is 0 Å². The van der Waals surface area contributed by atoms with Crippen LogP contribution in [0.5, 0.6) is 5.88 Å². The highest BCUT2D eigenvalue weighted by Crippen LogP contribution is 2.16. The van der Waals surface area contributed by atoms with E-state index in [4.69, 9.17) is 10.5 Å². The summed E-state index contributed by atoms with van der Waals surface area (Å²) in [6.45, 7) is 0. The van der Waals surface area contributed by atoms with E-state index in [9.17, 15) is 0 Å². The Labute approximate surface area is 68.4 Å². The van der Waals surface area contributed by atoms with Crippen LogP contribution in [0, 0.1) is 0 Å². The Morgan fingerprint density at radius 2 is 2.18 bits per heavy atom. The Kier molecular flexibility index (Phi) is 2.48. The van der Waals surface area contributed by atoms with Crippen LogP contribution >= 0.6 is 11.8 Å². The highest BCUT2D eigenvalue weighted by Gasteiger charge is 2.03. The maximum absolute atomic E-state index is 5.38. The zero-order chi connectivity index (χ0) is 8.27. The summed E-state index contributed by atoms with van der Waals surface area (Å²) in [4.78, 5) is 3.95. The molecule has 1 aromatic rings. The highest BCUT2D eigenvalue weighted by molar-refractivity contribution is 7.98. The first-order valence-corrected chi connectivity index (χ1v) is 4.08. The molecule has 0 amide bonds. The SMILES string of the molecule is COc1nc(SC)nnc1N. The van der Waals surface area contributed by atoms with Crippen LogP contribution < -0.4 is 10.5 Å². The number of rotatable bonds is 2. The van der Waals surface area contributed by atoms with E-state index >= 15 is 0 Å². The molecule has 0 radical (unpaired) electrons.